The molecule has 39 heavy (non-hydrogen) atoms. The summed E-state index contributed by atoms with van der Waals surface area (Å²) in [6.07, 6.45) is -0.0123. The van der Waals surface area contributed by atoms with E-state index in [0.717, 1.165) is 0 Å². The number of ketones is 3. The minimum Gasteiger partial charge on any atom is -0.507 e. The van der Waals surface area contributed by atoms with Gasteiger partial charge in [-0.05, 0) is 62.7 Å². The van der Waals surface area contributed by atoms with Gasteiger partial charge in [-0.25, -0.2) is 0 Å². The first-order valence-electron chi connectivity index (χ1n) is 12.6. The molecule has 0 radical (unpaired) electrons. The van der Waals surface area contributed by atoms with Crippen molar-refractivity contribution < 1.29 is 39.6 Å². The topological polar surface area (TPSA) is 191 Å². The van der Waals surface area contributed by atoms with Gasteiger partial charge in [0.05, 0.1) is 18.1 Å². The van der Waals surface area contributed by atoms with Crippen LogP contribution >= 0.6 is 0 Å². The summed E-state index contributed by atoms with van der Waals surface area (Å²) < 4.78 is 0. The van der Waals surface area contributed by atoms with Gasteiger partial charge in [0.25, 0.3) is 0 Å². The van der Waals surface area contributed by atoms with Gasteiger partial charge in [-0.2, -0.15) is 0 Å². The number of aromatic nitrogens is 1. The number of carbonyl (C=O) groups excluding carboxylic acids is 4. The smallest absolute Gasteiger partial charge is 0.230 e. The number of nitrogens with two attached hydrogens (primary N) is 1. The number of pyridine rings is 1. The molecule has 0 aliphatic heterocycles. The molecule has 1 aromatic carbocycles. The van der Waals surface area contributed by atoms with E-state index in [0.29, 0.717) is 11.3 Å². The van der Waals surface area contributed by atoms with Gasteiger partial charge in [-0.1, -0.05) is 6.07 Å². The van der Waals surface area contributed by atoms with E-state index in [2.05, 4.69) is 4.98 Å². The van der Waals surface area contributed by atoms with Crippen LogP contribution in [0.2, 0.25) is 0 Å². The number of benzene rings is 1. The van der Waals surface area contributed by atoms with Gasteiger partial charge < -0.3 is 31.1 Å². The van der Waals surface area contributed by atoms with Crippen LogP contribution in [0.5, 0.6) is 5.75 Å². The third-order valence-electron chi connectivity index (χ3n) is 8.34. The first kappa shape index (κ1) is 26.7. The van der Waals surface area contributed by atoms with Crippen molar-refractivity contribution >= 4 is 29.0 Å². The predicted octanol–water partition coefficient (Wildman–Crippen LogP) is -0.0506. The predicted molar refractivity (Wildman–Crippen MR) is 136 cm³/mol. The molecular formula is C28H29N3O8. The number of hydrogen-bond acceptors (Lipinski definition) is 10. The van der Waals surface area contributed by atoms with Crippen LogP contribution in [0.1, 0.15) is 33.6 Å². The van der Waals surface area contributed by atoms with Gasteiger partial charge in [-0.3, -0.25) is 24.2 Å². The number of likely N-dealkylation sites (N-methyl/N-ethyl adjacent to an activating group) is 1. The standard InChI is InChI=1S/C28H29N3O8/c1-31(2)22-16-10-12-9-15-14(18(33)11-13-5-3-4-8-30-13)6-7-17(32)20(15)23(34)19(12)25(36)28(16,39)26(37)21(24(22)35)27(29)38/h3-8,12,16,21-22,24,32,34-35,39H,9-11H2,1-2H3,(H2,29,38)/t12-,16-,21?,22-,24?,28-/m1/s1. The van der Waals surface area contributed by atoms with Crippen molar-refractivity contribution in [3.63, 3.8) is 0 Å². The van der Waals surface area contributed by atoms with E-state index in [1.54, 1.807) is 38.5 Å². The van der Waals surface area contributed by atoms with Crippen LogP contribution in [0.25, 0.3) is 5.76 Å². The lowest BCUT2D eigenvalue weighted by Crippen LogP contribution is -2.73. The Morgan fingerprint density at radius 3 is 2.49 bits per heavy atom. The highest BCUT2D eigenvalue weighted by atomic mass is 16.3. The van der Waals surface area contributed by atoms with Crippen molar-refractivity contribution in [2.75, 3.05) is 14.1 Å². The van der Waals surface area contributed by atoms with Gasteiger partial charge in [-0.15, -0.1) is 0 Å². The number of nitrogens with zero attached hydrogens (tertiary/aromatic N) is 2. The van der Waals surface area contributed by atoms with Crippen molar-refractivity contribution in [3.05, 3.63) is 64.5 Å². The van der Waals surface area contributed by atoms with E-state index in [1.807, 2.05) is 0 Å². The molecule has 1 aromatic heterocycles. The van der Waals surface area contributed by atoms with Crippen LogP contribution < -0.4 is 5.73 Å². The normalized spacial score (nSPS) is 30.0. The summed E-state index contributed by atoms with van der Waals surface area (Å²) in [5.41, 5.74) is 3.38. The van der Waals surface area contributed by atoms with Crippen LogP contribution in [0.3, 0.4) is 0 Å². The average molecular weight is 536 g/mol. The quantitative estimate of drug-likeness (QED) is 0.256. The Bertz CT molecular complexity index is 1440. The molecule has 1 amide bonds. The van der Waals surface area contributed by atoms with Crippen LogP contribution in [0.4, 0.5) is 0 Å². The summed E-state index contributed by atoms with van der Waals surface area (Å²) in [6.45, 7) is 0. The number of rotatable bonds is 5. The summed E-state index contributed by atoms with van der Waals surface area (Å²) in [5.74, 6) is -8.54. The zero-order chi connectivity index (χ0) is 28.4. The molecule has 11 nitrogen and oxygen atoms in total. The molecule has 2 aromatic rings. The van der Waals surface area contributed by atoms with Crippen LogP contribution in [-0.4, -0.2) is 85.4 Å². The van der Waals surface area contributed by atoms with Gasteiger partial charge in [0.15, 0.2) is 17.2 Å². The van der Waals surface area contributed by atoms with Crippen molar-refractivity contribution in [1.82, 2.24) is 9.88 Å². The maximum absolute atomic E-state index is 13.9. The minimum absolute atomic E-state index is 0.0261. The molecule has 2 saturated carbocycles. The van der Waals surface area contributed by atoms with Crippen molar-refractivity contribution in [2.24, 2.45) is 23.5 Å². The number of carbonyl (C=O) groups is 4. The van der Waals surface area contributed by atoms with Crippen molar-refractivity contribution in [2.45, 2.75) is 37.0 Å². The summed E-state index contributed by atoms with van der Waals surface area (Å²) in [5, 5.41) is 44.6. The molecule has 3 aliphatic carbocycles. The summed E-state index contributed by atoms with van der Waals surface area (Å²) in [6, 6.07) is 6.87. The average Bonchev–Trinajstić information content (AvgIpc) is 2.86. The van der Waals surface area contributed by atoms with Crippen molar-refractivity contribution in [1.29, 1.82) is 0 Å². The number of phenols is 1. The molecule has 5 rings (SSSR count). The monoisotopic (exact) mass is 535 g/mol. The fraction of sp³-hybridized carbons (Fsp3) is 0.393. The third-order valence-corrected chi connectivity index (χ3v) is 8.34. The molecule has 0 saturated heterocycles. The van der Waals surface area contributed by atoms with E-state index in [9.17, 15) is 39.6 Å². The lowest BCUT2D eigenvalue weighted by atomic mass is 9.54. The second-order valence-electron chi connectivity index (χ2n) is 10.7. The SMILES string of the molecule is CN(C)[C@H]1C(O)C(C(N)=O)C(=O)[C@]2(O)C(=O)C3=C(O)c4c(O)ccc(C(=O)Cc5ccccn5)c4C[C@@H]3C[C@H]12. The number of aliphatic hydroxyl groups excluding tert-OH is 2. The highest BCUT2D eigenvalue weighted by Crippen LogP contribution is 2.52. The molecule has 11 heteroatoms. The number of phenolic OH excluding ortho intramolecular Hbond substituents is 1. The number of fused-ring (bicyclic) bond motifs is 3. The maximum Gasteiger partial charge on any atom is 0.230 e. The van der Waals surface area contributed by atoms with Gasteiger partial charge in [0.1, 0.15) is 17.4 Å². The van der Waals surface area contributed by atoms with E-state index in [1.165, 1.54) is 17.0 Å². The zero-order valence-corrected chi connectivity index (χ0v) is 21.4. The Kier molecular flexibility index (Phi) is 6.41. The van der Waals surface area contributed by atoms with E-state index < -0.39 is 58.7 Å². The number of primary amides is 1. The number of amides is 1. The van der Waals surface area contributed by atoms with Crippen LogP contribution in [-0.2, 0) is 27.2 Å². The second kappa shape index (κ2) is 9.37. The molecule has 2 fully saturated rings. The van der Waals surface area contributed by atoms with Crippen LogP contribution in [0.15, 0.2) is 42.1 Å². The molecule has 0 spiro atoms. The largest absolute Gasteiger partial charge is 0.507 e. The second-order valence-corrected chi connectivity index (χ2v) is 10.7. The van der Waals surface area contributed by atoms with Crippen molar-refractivity contribution in [3.8, 4) is 5.75 Å². The van der Waals surface area contributed by atoms with Crippen LogP contribution in [0, 0.1) is 17.8 Å². The Morgan fingerprint density at radius 2 is 1.87 bits per heavy atom. The summed E-state index contributed by atoms with van der Waals surface area (Å²) in [4.78, 5) is 58.3. The molecule has 1 heterocycles. The molecule has 0 bridgehead atoms. The highest BCUT2D eigenvalue weighted by Gasteiger charge is 2.67. The highest BCUT2D eigenvalue weighted by molar-refractivity contribution is 6.25. The molecular weight excluding hydrogens is 506 g/mol. The first-order chi connectivity index (χ1) is 18.4. The Hall–Kier alpha value is -3.93. The fourth-order valence-electron chi connectivity index (χ4n) is 6.63. The summed E-state index contributed by atoms with van der Waals surface area (Å²) in [7, 11) is 3.16. The van der Waals surface area contributed by atoms with Gasteiger partial charge in [0, 0.05) is 35.0 Å². The lowest BCUT2D eigenvalue weighted by molar-refractivity contribution is -0.184. The van der Waals surface area contributed by atoms with E-state index in [-0.39, 0.29) is 47.5 Å². The number of hydrogen-bond donors (Lipinski definition) is 5. The number of Topliss-reactive ketones (excluding diaryl/α,β-unsaturated/α-hetero) is 3. The maximum atomic E-state index is 13.9. The molecule has 6 N–H and O–H groups in total. The van der Waals surface area contributed by atoms with E-state index in [4.69, 9.17) is 5.73 Å². The zero-order valence-electron chi connectivity index (χ0n) is 21.4. The number of aromatic hydroxyl groups is 1. The molecule has 2 unspecified atom stereocenters. The lowest BCUT2D eigenvalue weighted by Gasteiger charge is -2.53. The Morgan fingerprint density at radius 1 is 1.15 bits per heavy atom. The summed E-state index contributed by atoms with van der Waals surface area (Å²) >= 11 is 0. The molecule has 6 atom stereocenters. The molecule has 3 aliphatic rings. The Balaban J connectivity index is 1.63. The van der Waals surface area contributed by atoms with E-state index >= 15 is 0 Å². The van der Waals surface area contributed by atoms with Gasteiger partial charge in [0.2, 0.25) is 11.7 Å². The first-order valence-corrected chi connectivity index (χ1v) is 12.6. The fourth-order valence-corrected chi connectivity index (χ4v) is 6.63. The number of aliphatic hydroxyl groups is 3. The third kappa shape index (κ3) is 3.88. The Labute approximate surface area is 223 Å². The minimum atomic E-state index is -2.73. The van der Waals surface area contributed by atoms with Gasteiger partial charge >= 0.3 is 0 Å². The molecule has 204 valence electrons.